The molecule has 4 N–H and O–H groups in total. The van der Waals surface area contributed by atoms with Gasteiger partial charge in [-0.05, 0) is 37.8 Å². The molecule has 2 aliphatic rings. The second-order valence-electron chi connectivity index (χ2n) is 8.01. The van der Waals surface area contributed by atoms with Gasteiger partial charge in [-0.2, -0.15) is 10.2 Å². The predicted molar refractivity (Wildman–Crippen MR) is 110 cm³/mol. The second kappa shape index (κ2) is 8.88. The molecule has 2 saturated carbocycles. The van der Waals surface area contributed by atoms with Gasteiger partial charge in [0.25, 0.3) is 0 Å². The number of nitriles is 1. The molecule has 2 aliphatic carbocycles. The summed E-state index contributed by atoms with van der Waals surface area (Å²) in [5.41, 5.74) is 7.06. The Balaban J connectivity index is 1.68. The minimum absolute atomic E-state index is 0.00694. The van der Waals surface area contributed by atoms with Crippen molar-refractivity contribution >= 4 is 11.8 Å². The molecule has 1 aromatic carbocycles. The molecule has 4 rings (SSSR count). The van der Waals surface area contributed by atoms with E-state index in [0.29, 0.717) is 49.7 Å². The van der Waals surface area contributed by atoms with Crippen molar-refractivity contribution in [3.63, 3.8) is 0 Å². The molecule has 0 spiro atoms. The molecule has 31 heavy (non-hydrogen) atoms. The topological polar surface area (TPSA) is 152 Å². The number of benzene rings is 1. The number of aliphatic hydroxyl groups excluding tert-OH is 2. The Morgan fingerprint density at radius 3 is 2.45 bits per heavy atom. The number of hydrogen-bond donors (Lipinski definition) is 3. The first-order chi connectivity index (χ1) is 14.9. The van der Waals surface area contributed by atoms with Crippen molar-refractivity contribution in [2.24, 2.45) is 0 Å². The summed E-state index contributed by atoms with van der Waals surface area (Å²) in [6.07, 6.45) is 1.47. The highest BCUT2D eigenvalue weighted by Crippen LogP contribution is 2.32. The molecule has 4 atom stereocenters. The number of nitrogens with zero attached hydrogens (tertiary/aromatic N) is 3. The number of ether oxygens (including phenoxy) is 2. The van der Waals surface area contributed by atoms with E-state index in [1.54, 1.807) is 24.3 Å². The number of nitrogen functional groups attached to an aromatic ring is 1. The van der Waals surface area contributed by atoms with Gasteiger partial charge in [-0.15, -0.1) is 0 Å². The standard InChI is InChI=1S/C22H24N4O5/c23-11-12-2-1-3-13(8-12)20-25-19(24)18(22(29)31-17-7-5-15(28)10-17)21(26-20)30-16-6-4-14(27)9-16/h1-3,8,14-17,27-28H,4-7,9-10H2,(H2,24,25,26)/t14-,15+,16-,17+/m1/s1. The lowest BCUT2D eigenvalue weighted by molar-refractivity contribution is 0.0280. The van der Waals surface area contributed by atoms with Crippen LogP contribution >= 0.6 is 0 Å². The Labute approximate surface area is 179 Å². The molecular formula is C22H24N4O5. The molecule has 2 aromatic rings. The number of nitrogens with two attached hydrogens (primary N) is 1. The zero-order valence-corrected chi connectivity index (χ0v) is 16.9. The van der Waals surface area contributed by atoms with Gasteiger partial charge in [0.15, 0.2) is 11.4 Å². The normalized spacial score (nSPS) is 25.2. The monoisotopic (exact) mass is 424 g/mol. The molecule has 1 aromatic heterocycles. The molecule has 0 unspecified atom stereocenters. The highest BCUT2D eigenvalue weighted by molar-refractivity contribution is 5.97. The van der Waals surface area contributed by atoms with E-state index in [9.17, 15) is 15.0 Å². The van der Waals surface area contributed by atoms with E-state index in [0.717, 1.165) is 0 Å². The van der Waals surface area contributed by atoms with E-state index in [2.05, 4.69) is 16.0 Å². The van der Waals surface area contributed by atoms with Crippen molar-refractivity contribution in [2.75, 3.05) is 5.73 Å². The van der Waals surface area contributed by atoms with Gasteiger partial charge < -0.3 is 25.4 Å². The summed E-state index contributed by atoms with van der Waals surface area (Å²) in [4.78, 5) is 21.6. The smallest absolute Gasteiger partial charge is 0.347 e. The number of aliphatic hydroxyl groups is 2. The lowest BCUT2D eigenvalue weighted by atomic mass is 10.1. The van der Waals surface area contributed by atoms with Crippen LogP contribution in [0.5, 0.6) is 5.88 Å². The van der Waals surface area contributed by atoms with E-state index in [4.69, 9.17) is 20.5 Å². The molecule has 9 nitrogen and oxygen atoms in total. The summed E-state index contributed by atoms with van der Waals surface area (Å²) in [6, 6.07) is 8.78. The quantitative estimate of drug-likeness (QED) is 0.612. The molecule has 0 saturated heterocycles. The van der Waals surface area contributed by atoms with Gasteiger partial charge in [-0.25, -0.2) is 9.78 Å². The Morgan fingerprint density at radius 2 is 1.81 bits per heavy atom. The van der Waals surface area contributed by atoms with Crippen molar-refractivity contribution < 1.29 is 24.5 Å². The van der Waals surface area contributed by atoms with Crippen molar-refractivity contribution in [1.29, 1.82) is 5.26 Å². The van der Waals surface area contributed by atoms with Crippen LogP contribution in [0, 0.1) is 11.3 Å². The molecule has 0 radical (unpaired) electrons. The number of carbonyl (C=O) groups excluding carboxylic acids is 1. The third-order valence-corrected chi connectivity index (χ3v) is 5.62. The minimum Gasteiger partial charge on any atom is -0.473 e. The number of hydrogen-bond acceptors (Lipinski definition) is 9. The summed E-state index contributed by atoms with van der Waals surface area (Å²) in [5, 5.41) is 28.7. The SMILES string of the molecule is N#Cc1cccc(-c2nc(N)c(C(=O)O[C@H]3CC[C@H](O)C3)c(O[C@@H]3CC[C@@H](O)C3)n2)c1. The van der Waals surface area contributed by atoms with Gasteiger partial charge in [0.2, 0.25) is 5.88 Å². The molecule has 1 heterocycles. The van der Waals surface area contributed by atoms with E-state index in [1.165, 1.54) is 0 Å². The largest absolute Gasteiger partial charge is 0.473 e. The van der Waals surface area contributed by atoms with Crippen molar-refractivity contribution in [3.05, 3.63) is 35.4 Å². The lowest BCUT2D eigenvalue weighted by Gasteiger charge is -2.18. The Hall–Kier alpha value is -3.22. The Kier molecular flexibility index (Phi) is 6.02. The predicted octanol–water partition coefficient (Wildman–Crippen LogP) is 1.96. The van der Waals surface area contributed by atoms with E-state index in [-0.39, 0.29) is 29.2 Å². The van der Waals surface area contributed by atoms with Gasteiger partial charge >= 0.3 is 5.97 Å². The van der Waals surface area contributed by atoms with Gasteiger partial charge in [0.1, 0.15) is 18.0 Å². The van der Waals surface area contributed by atoms with Crippen LogP contribution in [0.15, 0.2) is 24.3 Å². The molecule has 162 valence electrons. The number of esters is 1. The molecular weight excluding hydrogens is 400 g/mol. The first-order valence-corrected chi connectivity index (χ1v) is 10.3. The van der Waals surface area contributed by atoms with Crippen molar-refractivity contribution in [2.45, 2.75) is 62.9 Å². The fourth-order valence-corrected chi connectivity index (χ4v) is 4.01. The Bertz CT molecular complexity index is 1020. The molecule has 0 bridgehead atoms. The number of aromatic nitrogens is 2. The lowest BCUT2D eigenvalue weighted by Crippen LogP contribution is -2.22. The van der Waals surface area contributed by atoms with Crippen LogP contribution in [0.3, 0.4) is 0 Å². The summed E-state index contributed by atoms with van der Waals surface area (Å²) in [6.45, 7) is 0. The average Bonchev–Trinajstić information content (AvgIpc) is 3.35. The van der Waals surface area contributed by atoms with Crippen LogP contribution in [0.25, 0.3) is 11.4 Å². The van der Waals surface area contributed by atoms with Crippen LogP contribution in [-0.4, -0.2) is 50.6 Å². The van der Waals surface area contributed by atoms with Crippen LogP contribution in [0.1, 0.15) is 54.4 Å². The fourth-order valence-electron chi connectivity index (χ4n) is 4.01. The van der Waals surface area contributed by atoms with Crippen LogP contribution in [0.2, 0.25) is 0 Å². The highest BCUT2D eigenvalue weighted by atomic mass is 16.5. The van der Waals surface area contributed by atoms with Gasteiger partial charge in [-0.1, -0.05) is 12.1 Å². The third kappa shape index (κ3) is 4.76. The summed E-state index contributed by atoms with van der Waals surface area (Å²) in [5.74, 6) is -0.588. The molecule has 9 heteroatoms. The summed E-state index contributed by atoms with van der Waals surface area (Å²) in [7, 11) is 0. The van der Waals surface area contributed by atoms with Gasteiger partial charge in [0, 0.05) is 18.4 Å². The van der Waals surface area contributed by atoms with Crippen LogP contribution in [0.4, 0.5) is 5.82 Å². The highest BCUT2D eigenvalue weighted by Gasteiger charge is 2.32. The minimum atomic E-state index is -0.706. The molecule has 0 aliphatic heterocycles. The second-order valence-corrected chi connectivity index (χ2v) is 8.01. The maximum absolute atomic E-state index is 12.9. The maximum Gasteiger partial charge on any atom is 0.347 e. The molecule has 2 fully saturated rings. The summed E-state index contributed by atoms with van der Waals surface area (Å²) >= 11 is 0. The number of rotatable bonds is 5. The number of anilines is 1. The molecule has 0 amide bonds. The first kappa shape index (κ1) is 21.0. The third-order valence-electron chi connectivity index (χ3n) is 5.62. The van der Waals surface area contributed by atoms with E-state index >= 15 is 0 Å². The zero-order chi connectivity index (χ0) is 22.0. The van der Waals surface area contributed by atoms with Gasteiger partial charge in [-0.3, -0.25) is 0 Å². The maximum atomic E-state index is 12.9. The van der Waals surface area contributed by atoms with E-state index in [1.807, 2.05) is 0 Å². The van der Waals surface area contributed by atoms with Crippen molar-refractivity contribution in [3.8, 4) is 23.3 Å². The van der Waals surface area contributed by atoms with Gasteiger partial charge in [0.05, 0.1) is 23.8 Å². The summed E-state index contributed by atoms with van der Waals surface area (Å²) < 4.78 is 11.5. The average molecular weight is 424 g/mol. The zero-order valence-electron chi connectivity index (χ0n) is 16.9. The van der Waals surface area contributed by atoms with E-state index < -0.39 is 24.3 Å². The number of carbonyl (C=O) groups is 1. The van der Waals surface area contributed by atoms with Crippen LogP contribution in [-0.2, 0) is 4.74 Å². The fraction of sp³-hybridized carbons (Fsp3) is 0.455. The Morgan fingerprint density at radius 1 is 1.10 bits per heavy atom. The van der Waals surface area contributed by atoms with Crippen molar-refractivity contribution in [1.82, 2.24) is 9.97 Å². The van der Waals surface area contributed by atoms with Crippen LogP contribution < -0.4 is 10.5 Å². The first-order valence-electron chi connectivity index (χ1n) is 10.3.